The first-order chi connectivity index (χ1) is 8.58. The molecule has 5 nitrogen and oxygen atoms in total. The maximum Gasteiger partial charge on any atom is 0.323 e. The van der Waals surface area contributed by atoms with E-state index in [9.17, 15) is 9.59 Å². The van der Waals surface area contributed by atoms with Crippen LogP contribution in [0.1, 0.15) is 16.3 Å². The number of hydrogen-bond acceptors (Lipinski definition) is 4. The molecule has 0 saturated carbocycles. The molecule has 1 heterocycles. The molecule has 1 aromatic rings. The Bertz CT molecular complexity index is 475. The smallest absolute Gasteiger partial charge is 0.323 e. The number of amides is 1. The lowest BCUT2D eigenvalue weighted by Gasteiger charge is -2.15. The molecule has 1 rings (SSSR count). The van der Waals surface area contributed by atoms with E-state index in [4.69, 9.17) is 15.9 Å². The number of carboxylic acid groups (broad SMARTS) is 1. The Morgan fingerprint density at radius 1 is 1.56 bits per heavy atom. The fourth-order valence-electron chi connectivity index (χ4n) is 1.34. The fourth-order valence-corrected chi connectivity index (χ4v) is 1.78. The molecule has 0 aromatic carbocycles. The van der Waals surface area contributed by atoms with Crippen molar-refractivity contribution in [1.29, 1.82) is 0 Å². The normalized spacial score (nSPS) is 9.78. The highest BCUT2D eigenvalue weighted by molar-refractivity contribution is 7.97. The van der Waals surface area contributed by atoms with Gasteiger partial charge in [0.05, 0.1) is 12.3 Å². The van der Waals surface area contributed by atoms with Crippen molar-refractivity contribution in [3.05, 3.63) is 23.7 Å². The molecule has 96 valence electrons. The van der Waals surface area contributed by atoms with Crippen molar-refractivity contribution in [2.24, 2.45) is 0 Å². The second-order valence-corrected chi connectivity index (χ2v) is 4.32. The van der Waals surface area contributed by atoms with Crippen LogP contribution in [0.15, 0.2) is 16.5 Å². The summed E-state index contributed by atoms with van der Waals surface area (Å²) in [7, 11) is 0. The van der Waals surface area contributed by atoms with E-state index in [0.717, 1.165) is 4.90 Å². The molecule has 0 unspecified atom stereocenters. The molecule has 0 aliphatic heterocycles. The van der Waals surface area contributed by atoms with Gasteiger partial charge in [0.2, 0.25) is 0 Å². The summed E-state index contributed by atoms with van der Waals surface area (Å²) >= 11 is 1.56. The zero-order valence-electron chi connectivity index (χ0n) is 9.88. The van der Waals surface area contributed by atoms with E-state index in [0.29, 0.717) is 11.5 Å². The highest BCUT2D eigenvalue weighted by atomic mass is 32.2. The molecule has 0 bridgehead atoms. The zero-order chi connectivity index (χ0) is 13.5. The Hall–Kier alpha value is -1.87. The molecule has 18 heavy (non-hydrogen) atoms. The maximum absolute atomic E-state index is 12.0. The largest absolute Gasteiger partial charge is 0.480 e. The van der Waals surface area contributed by atoms with Crippen LogP contribution in [0.5, 0.6) is 0 Å². The standard InChI is InChI=1S/C12H13NO4S/c1-3-6-13(7-11(14)15)12(16)10-5-4-9(17-10)8-18-2/h1,4-5H,6-8H2,2H3,(H,14,15). The molecule has 0 fully saturated rings. The fraction of sp³-hybridized carbons (Fsp3) is 0.333. The number of aliphatic carboxylic acids is 1. The van der Waals surface area contributed by atoms with Crippen molar-refractivity contribution in [3.8, 4) is 12.3 Å². The highest BCUT2D eigenvalue weighted by Gasteiger charge is 2.20. The van der Waals surface area contributed by atoms with Crippen LogP contribution in [0, 0.1) is 12.3 Å². The van der Waals surface area contributed by atoms with Gasteiger partial charge in [-0.05, 0) is 18.4 Å². The van der Waals surface area contributed by atoms with Crippen molar-refractivity contribution >= 4 is 23.6 Å². The molecule has 0 atom stereocenters. The van der Waals surface area contributed by atoms with E-state index in [1.54, 1.807) is 17.8 Å². The highest BCUT2D eigenvalue weighted by Crippen LogP contribution is 2.15. The van der Waals surface area contributed by atoms with E-state index < -0.39 is 18.4 Å². The topological polar surface area (TPSA) is 70.8 Å². The second-order valence-electron chi connectivity index (χ2n) is 3.46. The van der Waals surface area contributed by atoms with Crippen LogP contribution in [0.25, 0.3) is 0 Å². The predicted molar refractivity (Wildman–Crippen MR) is 68.3 cm³/mol. The minimum Gasteiger partial charge on any atom is -0.480 e. The van der Waals surface area contributed by atoms with Crippen molar-refractivity contribution in [1.82, 2.24) is 4.90 Å². The van der Waals surface area contributed by atoms with Gasteiger partial charge >= 0.3 is 5.97 Å². The zero-order valence-corrected chi connectivity index (χ0v) is 10.7. The Morgan fingerprint density at radius 2 is 2.28 bits per heavy atom. The molecule has 0 spiro atoms. The second kappa shape index (κ2) is 6.77. The van der Waals surface area contributed by atoms with Crippen molar-refractivity contribution in [3.63, 3.8) is 0 Å². The summed E-state index contributed by atoms with van der Waals surface area (Å²) in [5.41, 5.74) is 0. The van der Waals surface area contributed by atoms with Crippen molar-refractivity contribution < 1.29 is 19.1 Å². The van der Waals surface area contributed by atoms with Gasteiger partial charge in [0.25, 0.3) is 5.91 Å². The predicted octanol–water partition coefficient (Wildman–Crippen LogP) is 1.30. The van der Waals surface area contributed by atoms with Crippen LogP contribution in [-0.4, -0.2) is 41.2 Å². The monoisotopic (exact) mass is 267 g/mol. The lowest BCUT2D eigenvalue weighted by molar-refractivity contribution is -0.137. The number of furan rings is 1. The van der Waals surface area contributed by atoms with E-state index >= 15 is 0 Å². The first kappa shape index (κ1) is 14.2. The third-order valence-electron chi connectivity index (χ3n) is 2.05. The third kappa shape index (κ3) is 3.86. The number of thioether (sulfide) groups is 1. The summed E-state index contributed by atoms with van der Waals surface area (Å²) < 4.78 is 5.32. The molecule has 0 aliphatic rings. The van der Waals surface area contributed by atoms with E-state index in [1.807, 2.05) is 6.26 Å². The van der Waals surface area contributed by atoms with E-state index in [-0.39, 0.29) is 12.3 Å². The number of terminal acetylenes is 1. The minimum atomic E-state index is -1.12. The molecule has 6 heteroatoms. The average molecular weight is 267 g/mol. The van der Waals surface area contributed by atoms with Gasteiger partial charge in [0.15, 0.2) is 5.76 Å². The number of rotatable bonds is 6. The van der Waals surface area contributed by atoms with Crippen molar-refractivity contribution in [2.75, 3.05) is 19.3 Å². The Morgan fingerprint density at radius 3 is 2.83 bits per heavy atom. The summed E-state index contributed by atoms with van der Waals surface area (Å²) in [6, 6.07) is 3.22. The van der Waals surface area contributed by atoms with Gasteiger partial charge in [-0.25, -0.2) is 0 Å². The van der Waals surface area contributed by atoms with E-state index in [2.05, 4.69) is 5.92 Å². The number of nitrogens with zero attached hydrogens (tertiary/aromatic N) is 1. The number of carbonyl (C=O) groups is 2. The van der Waals surface area contributed by atoms with Crippen LogP contribution < -0.4 is 0 Å². The van der Waals surface area contributed by atoms with Gasteiger partial charge < -0.3 is 14.4 Å². The van der Waals surface area contributed by atoms with Crippen LogP contribution in [0.2, 0.25) is 0 Å². The Balaban J connectivity index is 2.81. The van der Waals surface area contributed by atoms with Gasteiger partial charge in [-0.15, -0.1) is 6.42 Å². The molecular formula is C12H13NO4S. The molecule has 1 aromatic heterocycles. The van der Waals surface area contributed by atoms with Gasteiger partial charge in [0, 0.05) is 0 Å². The quantitative estimate of drug-likeness (QED) is 0.787. The molecule has 0 radical (unpaired) electrons. The number of hydrogen-bond donors (Lipinski definition) is 1. The summed E-state index contributed by atoms with van der Waals surface area (Å²) in [5, 5.41) is 8.70. The SMILES string of the molecule is C#CCN(CC(=O)O)C(=O)c1ccc(CSC)o1. The van der Waals surface area contributed by atoms with Crippen LogP contribution in [0.4, 0.5) is 0 Å². The van der Waals surface area contributed by atoms with Gasteiger partial charge in [0.1, 0.15) is 12.3 Å². The number of carboxylic acids is 1. The minimum absolute atomic E-state index is 0.0658. The first-order valence-corrected chi connectivity index (χ1v) is 6.50. The van der Waals surface area contributed by atoms with Gasteiger partial charge in [-0.3, -0.25) is 9.59 Å². The summed E-state index contributed by atoms with van der Waals surface area (Å²) in [6.07, 6.45) is 7.02. The molecule has 1 N–H and O–H groups in total. The van der Waals surface area contributed by atoms with Gasteiger partial charge in [-0.1, -0.05) is 5.92 Å². The molecule has 1 amide bonds. The Kier molecular flexibility index (Phi) is 5.33. The third-order valence-corrected chi connectivity index (χ3v) is 2.63. The average Bonchev–Trinajstić information content (AvgIpc) is 2.76. The van der Waals surface area contributed by atoms with Crippen LogP contribution >= 0.6 is 11.8 Å². The summed E-state index contributed by atoms with van der Waals surface area (Å²) in [4.78, 5) is 23.6. The molecular weight excluding hydrogens is 254 g/mol. The Labute approximate surface area is 109 Å². The summed E-state index contributed by atoms with van der Waals surface area (Å²) in [6.45, 7) is -0.509. The molecule has 0 saturated heterocycles. The van der Waals surface area contributed by atoms with Crippen LogP contribution in [-0.2, 0) is 10.5 Å². The summed E-state index contributed by atoms with van der Waals surface area (Å²) in [5.74, 6) is 2.05. The van der Waals surface area contributed by atoms with Crippen LogP contribution in [0.3, 0.4) is 0 Å². The first-order valence-electron chi connectivity index (χ1n) is 5.10. The number of carbonyl (C=O) groups excluding carboxylic acids is 1. The lowest BCUT2D eigenvalue weighted by atomic mass is 10.3. The van der Waals surface area contributed by atoms with Crippen molar-refractivity contribution in [2.45, 2.75) is 5.75 Å². The van der Waals surface area contributed by atoms with E-state index in [1.165, 1.54) is 6.07 Å². The molecule has 0 aliphatic carbocycles. The maximum atomic E-state index is 12.0. The lowest BCUT2D eigenvalue weighted by Crippen LogP contribution is -2.35. The van der Waals surface area contributed by atoms with Gasteiger partial charge in [-0.2, -0.15) is 11.8 Å².